The van der Waals surface area contributed by atoms with Gasteiger partial charge in [0.05, 0.1) is 40.2 Å². The quantitative estimate of drug-likeness (QED) is 0.184. The van der Waals surface area contributed by atoms with E-state index in [-0.39, 0.29) is 11.3 Å². The third-order valence-corrected chi connectivity index (χ3v) is 5.29. The number of hydrogen-bond acceptors (Lipinski definition) is 8. The molecule has 3 aromatic carbocycles. The number of benzene rings is 3. The zero-order valence-electron chi connectivity index (χ0n) is 19.5. The minimum Gasteiger partial charge on any atom is -0.497 e. The Morgan fingerprint density at radius 2 is 1.46 bits per heavy atom. The molecular weight excluding hydrogens is 520 g/mol. The summed E-state index contributed by atoms with van der Waals surface area (Å²) in [4.78, 5) is 25.2. The number of carbonyl (C=O) groups is 2. The van der Waals surface area contributed by atoms with Crippen molar-refractivity contribution in [1.82, 2.24) is 5.43 Å². The molecule has 3 aromatic rings. The molecule has 0 unspecified atom stereocenters. The van der Waals surface area contributed by atoms with Crippen LogP contribution in [0.25, 0.3) is 0 Å². The molecule has 0 fully saturated rings. The molecule has 0 radical (unpaired) electrons. The van der Waals surface area contributed by atoms with Crippen molar-refractivity contribution in [2.24, 2.45) is 5.10 Å². The van der Waals surface area contributed by atoms with Crippen LogP contribution in [0.3, 0.4) is 0 Å². The summed E-state index contributed by atoms with van der Waals surface area (Å²) in [6.07, 6.45) is 1.38. The van der Waals surface area contributed by atoms with Crippen molar-refractivity contribution in [2.75, 3.05) is 28.4 Å². The van der Waals surface area contributed by atoms with E-state index < -0.39 is 11.9 Å². The van der Waals surface area contributed by atoms with Gasteiger partial charge in [0.25, 0.3) is 5.91 Å². The third-order valence-electron chi connectivity index (χ3n) is 4.80. The molecule has 0 heterocycles. The Morgan fingerprint density at radius 1 is 0.800 bits per heavy atom. The molecule has 0 spiro atoms. The number of nitrogens with zero attached hydrogens (tertiary/aromatic N) is 1. The first-order chi connectivity index (χ1) is 16.9. The van der Waals surface area contributed by atoms with Gasteiger partial charge in [-0.05, 0) is 54.6 Å². The molecule has 0 aromatic heterocycles. The molecule has 1 N–H and O–H groups in total. The first kappa shape index (κ1) is 25.6. The summed E-state index contributed by atoms with van der Waals surface area (Å²) < 4.78 is 27.3. The molecule has 9 nitrogen and oxygen atoms in total. The molecule has 0 aliphatic carbocycles. The average Bonchev–Trinajstić information content (AvgIpc) is 2.88. The fraction of sp³-hybridized carbons (Fsp3) is 0.160. The second kappa shape index (κ2) is 11.9. The number of hydrogen-bond donors (Lipinski definition) is 1. The highest BCUT2D eigenvalue weighted by atomic mass is 79.9. The minimum absolute atomic E-state index is 0.193. The van der Waals surface area contributed by atoms with Crippen molar-refractivity contribution >= 4 is 34.0 Å². The van der Waals surface area contributed by atoms with Crippen molar-refractivity contribution in [3.63, 3.8) is 0 Å². The van der Waals surface area contributed by atoms with Gasteiger partial charge in [0, 0.05) is 15.6 Å². The Hall–Kier alpha value is -4.05. The van der Waals surface area contributed by atoms with Gasteiger partial charge in [-0.25, -0.2) is 10.2 Å². The average molecular weight is 543 g/mol. The van der Waals surface area contributed by atoms with E-state index in [1.807, 2.05) is 0 Å². The zero-order valence-corrected chi connectivity index (χ0v) is 21.0. The first-order valence-corrected chi connectivity index (χ1v) is 11.0. The topological polar surface area (TPSA) is 105 Å². The Balaban J connectivity index is 1.79. The number of halogens is 1. The van der Waals surface area contributed by atoms with E-state index in [0.29, 0.717) is 34.1 Å². The van der Waals surface area contributed by atoms with Crippen molar-refractivity contribution < 1.29 is 33.3 Å². The van der Waals surface area contributed by atoms with Gasteiger partial charge < -0.3 is 23.7 Å². The number of esters is 1. The molecule has 1 amide bonds. The molecule has 10 heteroatoms. The molecule has 35 heavy (non-hydrogen) atoms. The van der Waals surface area contributed by atoms with E-state index in [1.165, 1.54) is 39.7 Å². The Kier molecular flexibility index (Phi) is 8.69. The van der Waals surface area contributed by atoms with Crippen molar-refractivity contribution in [3.05, 3.63) is 75.8 Å². The zero-order chi connectivity index (χ0) is 25.4. The van der Waals surface area contributed by atoms with Gasteiger partial charge in [-0.2, -0.15) is 5.10 Å². The van der Waals surface area contributed by atoms with E-state index in [0.717, 1.165) is 4.47 Å². The summed E-state index contributed by atoms with van der Waals surface area (Å²) in [5, 5.41) is 4.00. The summed E-state index contributed by atoms with van der Waals surface area (Å²) in [6.45, 7) is 0. The first-order valence-electron chi connectivity index (χ1n) is 10.2. The van der Waals surface area contributed by atoms with E-state index in [2.05, 4.69) is 26.5 Å². The second-order valence-electron chi connectivity index (χ2n) is 6.91. The fourth-order valence-corrected chi connectivity index (χ4v) is 3.42. The molecule has 0 atom stereocenters. The van der Waals surface area contributed by atoms with E-state index in [9.17, 15) is 9.59 Å². The van der Waals surface area contributed by atoms with Gasteiger partial charge >= 0.3 is 5.97 Å². The van der Waals surface area contributed by atoms with Crippen LogP contribution in [0.1, 0.15) is 26.3 Å². The van der Waals surface area contributed by atoms with Crippen LogP contribution in [-0.4, -0.2) is 46.5 Å². The van der Waals surface area contributed by atoms with Gasteiger partial charge in [0.1, 0.15) is 11.5 Å². The lowest BCUT2D eigenvalue weighted by Gasteiger charge is -2.14. The van der Waals surface area contributed by atoms with E-state index in [1.54, 1.807) is 49.6 Å². The summed E-state index contributed by atoms with van der Waals surface area (Å²) in [5.74, 6) is 0.802. The van der Waals surface area contributed by atoms with Crippen LogP contribution in [0, 0.1) is 0 Å². The standard InChI is InChI=1S/C25H23BrN2O7/c1-31-19-8-5-15(6-9-19)24(29)28-27-14-17-11-18(26)7-10-20(17)35-25(30)16-12-21(32-2)23(34-4)22(13-16)33-3/h5-14H,1-4H3,(H,28,29)/b27-14+. The van der Waals surface area contributed by atoms with Crippen molar-refractivity contribution in [2.45, 2.75) is 0 Å². The van der Waals surface area contributed by atoms with Crippen molar-refractivity contribution in [3.8, 4) is 28.7 Å². The lowest BCUT2D eigenvalue weighted by molar-refractivity contribution is 0.0733. The highest BCUT2D eigenvalue weighted by Gasteiger charge is 2.19. The van der Waals surface area contributed by atoms with Gasteiger partial charge in [-0.1, -0.05) is 15.9 Å². The highest BCUT2D eigenvalue weighted by Crippen LogP contribution is 2.38. The second-order valence-corrected chi connectivity index (χ2v) is 7.83. The fourth-order valence-electron chi connectivity index (χ4n) is 3.04. The maximum atomic E-state index is 12.9. The lowest BCUT2D eigenvalue weighted by atomic mass is 10.1. The number of nitrogens with one attached hydrogen (secondary N) is 1. The molecule has 0 saturated heterocycles. The minimum atomic E-state index is -0.650. The molecule has 0 aliphatic rings. The largest absolute Gasteiger partial charge is 0.497 e. The van der Waals surface area contributed by atoms with Crippen LogP contribution in [-0.2, 0) is 0 Å². The molecule has 0 aliphatic heterocycles. The molecular formula is C25H23BrN2O7. The van der Waals surface area contributed by atoms with Gasteiger partial charge in [0.2, 0.25) is 5.75 Å². The molecule has 0 saturated carbocycles. The Morgan fingerprint density at radius 3 is 2.03 bits per heavy atom. The number of amides is 1. The normalized spacial score (nSPS) is 10.5. The smallest absolute Gasteiger partial charge is 0.343 e. The van der Waals surface area contributed by atoms with E-state index >= 15 is 0 Å². The maximum absolute atomic E-state index is 12.9. The summed E-state index contributed by atoms with van der Waals surface area (Å²) in [5.41, 5.74) is 3.50. The number of carbonyl (C=O) groups excluding carboxylic acids is 2. The number of hydrazone groups is 1. The van der Waals surface area contributed by atoms with Gasteiger partial charge in [0.15, 0.2) is 11.5 Å². The SMILES string of the molecule is COc1ccc(C(=O)N/N=C/c2cc(Br)ccc2OC(=O)c2cc(OC)c(OC)c(OC)c2)cc1. The predicted molar refractivity (Wildman–Crippen MR) is 133 cm³/mol. The summed E-state index contributed by atoms with van der Waals surface area (Å²) in [6, 6.07) is 14.6. The Bertz CT molecular complexity index is 1220. The highest BCUT2D eigenvalue weighted by molar-refractivity contribution is 9.10. The molecule has 3 rings (SSSR count). The predicted octanol–water partition coefficient (Wildman–Crippen LogP) is 4.47. The lowest BCUT2D eigenvalue weighted by Crippen LogP contribution is -2.17. The maximum Gasteiger partial charge on any atom is 0.343 e. The molecule has 0 bridgehead atoms. The number of methoxy groups -OCH3 is 4. The van der Waals surface area contributed by atoms with Crippen LogP contribution in [0.4, 0.5) is 0 Å². The summed E-state index contributed by atoms with van der Waals surface area (Å²) in [7, 11) is 5.93. The summed E-state index contributed by atoms with van der Waals surface area (Å²) >= 11 is 3.38. The van der Waals surface area contributed by atoms with Crippen LogP contribution in [0.5, 0.6) is 28.7 Å². The van der Waals surface area contributed by atoms with Crippen LogP contribution in [0.15, 0.2) is 64.2 Å². The monoisotopic (exact) mass is 542 g/mol. The third kappa shape index (κ3) is 6.30. The van der Waals surface area contributed by atoms with Crippen LogP contribution >= 0.6 is 15.9 Å². The number of rotatable bonds is 9. The Labute approximate surface area is 210 Å². The van der Waals surface area contributed by atoms with Crippen LogP contribution < -0.4 is 29.1 Å². The van der Waals surface area contributed by atoms with Gasteiger partial charge in [-0.3, -0.25) is 4.79 Å². The van der Waals surface area contributed by atoms with E-state index in [4.69, 9.17) is 23.7 Å². The van der Waals surface area contributed by atoms with Crippen molar-refractivity contribution in [1.29, 1.82) is 0 Å². The molecule has 182 valence electrons. The van der Waals surface area contributed by atoms with Gasteiger partial charge in [-0.15, -0.1) is 0 Å². The number of ether oxygens (including phenoxy) is 5. The van der Waals surface area contributed by atoms with Crippen LogP contribution in [0.2, 0.25) is 0 Å².